The van der Waals surface area contributed by atoms with Crippen LogP contribution in [0.15, 0.2) is 35.0 Å². The molecule has 1 heterocycles. The van der Waals surface area contributed by atoms with Gasteiger partial charge in [0.1, 0.15) is 64.4 Å². The Morgan fingerprint density at radius 2 is 0.880 bits per heavy atom. The van der Waals surface area contributed by atoms with Crippen LogP contribution >= 0.6 is 15.6 Å². The molecule has 1 aromatic rings. The van der Waals surface area contributed by atoms with E-state index in [1.165, 1.54) is 128 Å². The van der Waals surface area contributed by atoms with Gasteiger partial charge in [0.25, 0.3) is 15.6 Å². The molecule has 1 rings (SSSR count). The van der Waals surface area contributed by atoms with Gasteiger partial charge in [-0.2, -0.15) is 0 Å². The topological polar surface area (TPSA) is 270 Å². The van der Waals surface area contributed by atoms with Crippen LogP contribution in [0.2, 0.25) is 0 Å². The number of aldehydes is 1. The third kappa shape index (κ3) is 54.8. The van der Waals surface area contributed by atoms with Crippen molar-refractivity contribution in [1.82, 2.24) is 0 Å². The van der Waals surface area contributed by atoms with E-state index in [0.717, 1.165) is 44.3 Å². The van der Waals surface area contributed by atoms with E-state index in [0.29, 0.717) is 46.9 Å². The monoisotopic (exact) mass is 1220 g/mol. The molecule has 83 heavy (non-hydrogen) atoms. The Labute approximate surface area is 497 Å². The number of esters is 4. The number of nitrogens with zero attached hydrogens (tertiary/aromatic N) is 2. The standard InChI is InChI=1S/C30H54NO10P.C30H54NO9P/c1-5-6-7-8-9-10-11-12-13-14-15-16-17-20-29(34)38-25-28(41-30(35)24-27(33)19-18-22-32)26-40-42(36,37)39-23-21-31(2,3)4;1-5-6-7-8-9-10-11-12-13-14-15-16-17-20-29(32)37-25-28(40-30(33)24-27-19-18-22-36-27)26-39-41(34,35)38-23-21-31(2,3)4/h18-19,22,28H,5-17,20-21,23-26H2,1-4H3;18-19,22,28H,5-17,20-21,23-26H2,1-4H3/b19-18+;/t2*28-/m11/s1. The average molecular weight is 1220 g/mol. The summed E-state index contributed by atoms with van der Waals surface area (Å²) in [5.41, 5.74) is 0. The Hall–Kier alpha value is -3.62. The second-order valence-electron chi connectivity index (χ2n) is 23.1. The van der Waals surface area contributed by atoms with Crippen LogP contribution < -0.4 is 9.79 Å². The molecule has 0 bridgehead atoms. The minimum Gasteiger partial charge on any atom is -0.756 e. The molecule has 0 N–H and O–H groups in total. The summed E-state index contributed by atoms with van der Waals surface area (Å²) in [6, 6.07) is 3.26. The Kier molecular flexibility index (Phi) is 47.3. The van der Waals surface area contributed by atoms with Gasteiger partial charge in [-0.3, -0.25) is 37.9 Å². The van der Waals surface area contributed by atoms with E-state index in [4.69, 9.17) is 41.5 Å². The number of hydrogen-bond donors (Lipinski definition) is 0. The molecule has 2 unspecified atom stereocenters. The van der Waals surface area contributed by atoms with E-state index >= 15 is 0 Å². The molecule has 0 radical (unpaired) electrons. The SMILES string of the molecule is CCCCCCCCCCCCCCCC(=O)OC[C@H](COP(=O)([O-])OCC[N+](C)(C)C)OC(=O)CC(=O)/C=C/C=O.CCCCCCCCCCCCCCCC(=O)OC[C@H](COP(=O)([O-])OCC[N+](C)(C)C)OC(=O)Cc1ccco1. The summed E-state index contributed by atoms with van der Waals surface area (Å²) in [5, 5.41) is 0. The molecule has 23 heteroatoms. The van der Waals surface area contributed by atoms with Crippen LogP contribution in [0, 0.1) is 0 Å². The maximum absolute atomic E-state index is 12.3. The molecule has 1 aromatic heterocycles. The third-order valence-corrected chi connectivity index (χ3v) is 14.8. The molecular weight excluding hydrogens is 1110 g/mol. The number of ketones is 1. The first-order valence-electron chi connectivity index (χ1n) is 30.6. The summed E-state index contributed by atoms with van der Waals surface area (Å²) in [6.07, 6.45) is 32.0. The van der Waals surface area contributed by atoms with Crippen molar-refractivity contribution in [2.45, 2.75) is 219 Å². The highest BCUT2D eigenvalue weighted by atomic mass is 31.2. The maximum Gasteiger partial charge on any atom is 0.314 e. The number of furan rings is 1. The quantitative estimate of drug-likeness (QED) is 0.00857. The van der Waals surface area contributed by atoms with Gasteiger partial charge in [-0.25, -0.2) is 0 Å². The fraction of sp³-hybridized carbons (Fsp3) is 0.800. The third-order valence-electron chi connectivity index (χ3n) is 12.9. The van der Waals surface area contributed by atoms with Crippen molar-refractivity contribution in [3.8, 4) is 0 Å². The maximum atomic E-state index is 12.3. The summed E-state index contributed by atoms with van der Waals surface area (Å²) in [4.78, 5) is 95.3. The van der Waals surface area contributed by atoms with Crippen LogP contribution in [-0.2, 0) is 81.4 Å². The van der Waals surface area contributed by atoms with E-state index in [1.54, 1.807) is 12.1 Å². The van der Waals surface area contributed by atoms with Crippen molar-refractivity contribution in [3.63, 3.8) is 0 Å². The van der Waals surface area contributed by atoms with Gasteiger partial charge in [-0.15, -0.1) is 0 Å². The Morgan fingerprint density at radius 1 is 0.518 bits per heavy atom. The van der Waals surface area contributed by atoms with Crippen LogP contribution in [-0.4, -0.2) is 152 Å². The molecule has 0 aromatic carbocycles. The molecule has 0 aliphatic rings. The van der Waals surface area contributed by atoms with Gasteiger partial charge < -0.3 is 60.2 Å². The molecule has 0 fully saturated rings. The number of unbranched alkanes of at least 4 members (excludes halogenated alkanes) is 24. The molecular formula is C60H108N2O19P2. The van der Waals surface area contributed by atoms with Crippen molar-refractivity contribution in [2.24, 2.45) is 0 Å². The number of hydrogen-bond acceptors (Lipinski definition) is 19. The fourth-order valence-corrected chi connectivity index (χ4v) is 9.41. The average Bonchev–Trinajstić information content (AvgIpc) is 3.94. The molecule has 4 atom stereocenters. The summed E-state index contributed by atoms with van der Waals surface area (Å²) in [5.74, 6) is -2.86. The van der Waals surface area contributed by atoms with E-state index in [9.17, 15) is 47.7 Å². The first kappa shape index (κ1) is 79.4. The number of allylic oxidation sites excluding steroid dienone is 2. The lowest BCUT2D eigenvalue weighted by atomic mass is 10.0. The van der Waals surface area contributed by atoms with Crippen LogP contribution in [0.3, 0.4) is 0 Å². The van der Waals surface area contributed by atoms with Gasteiger partial charge in [0.2, 0.25) is 0 Å². The predicted octanol–water partition coefficient (Wildman–Crippen LogP) is 10.8. The summed E-state index contributed by atoms with van der Waals surface area (Å²) in [6.45, 7) is 3.21. The Bertz CT molecular complexity index is 1970. The van der Waals surface area contributed by atoms with E-state index < -0.39 is 83.8 Å². The van der Waals surface area contributed by atoms with Gasteiger partial charge in [-0.1, -0.05) is 168 Å². The number of phosphoric acid groups is 2. The van der Waals surface area contributed by atoms with Crippen LogP contribution in [0.25, 0.3) is 0 Å². The van der Waals surface area contributed by atoms with E-state index in [-0.39, 0.29) is 39.1 Å². The van der Waals surface area contributed by atoms with Crippen molar-refractivity contribution < 1.29 is 98.1 Å². The number of ether oxygens (including phenoxy) is 4. The van der Waals surface area contributed by atoms with Gasteiger partial charge in [-0.05, 0) is 37.1 Å². The van der Waals surface area contributed by atoms with Gasteiger partial charge in [0.05, 0.1) is 61.8 Å². The van der Waals surface area contributed by atoms with Crippen molar-refractivity contribution in [3.05, 3.63) is 36.3 Å². The number of carbonyl (C=O) groups is 6. The van der Waals surface area contributed by atoms with Crippen molar-refractivity contribution >= 4 is 51.6 Å². The number of carbonyl (C=O) groups excluding carboxylic acids is 6. The second-order valence-corrected chi connectivity index (χ2v) is 26.0. The molecule has 0 saturated carbocycles. The molecule has 482 valence electrons. The minimum absolute atomic E-state index is 0.0542. The van der Waals surface area contributed by atoms with Crippen molar-refractivity contribution in [1.29, 1.82) is 0 Å². The summed E-state index contributed by atoms with van der Waals surface area (Å²) < 4.78 is 70.9. The first-order chi connectivity index (χ1) is 39.4. The number of likely N-dealkylation sites (N-methyl/N-ethyl adjacent to an activating group) is 2. The smallest absolute Gasteiger partial charge is 0.314 e. The zero-order valence-electron chi connectivity index (χ0n) is 52.0. The Balaban J connectivity index is 0.00000162. The van der Waals surface area contributed by atoms with Crippen LogP contribution in [0.1, 0.15) is 206 Å². The lowest BCUT2D eigenvalue weighted by Crippen LogP contribution is -2.37. The molecule has 0 saturated heterocycles. The molecule has 21 nitrogen and oxygen atoms in total. The number of rotatable bonds is 54. The second kappa shape index (κ2) is 49.5. The lowest BCUT2D eigenvalue weighted by Gasteiger charge is -2.28. The zero-order chi connectivity index (χ0) is 62.1. The zero-order valence-corrected chi connectivity index (χ0v) is 53.8. The minimum atomic E-state index is -4.72. The largest absolute Gasteiger partial charge is 0.756 e. The predicted molar refractivity (Wildman–Crippen MR) is 314 cm³/mol. The highest BCUT2D eigenvalue weighted by Gasteiger charge is 2.24. The highest BCUT2D eigenvalue weighted by molar-refractivity contribution is 7.46. The van der Waals surface area contributed by atoms with Crippen LogP contribution in [0.5, 0.6) is 0 Å². The normalized spacial score (nSPS) is 14.0. The lowest BCUT2D eigenvalue weighted by molar-refractivity contribution is -0.870. The number of quaternary nitrogens is 2. The molecule has 0 aliphatic heterocycles. The van der Waals surface area contributed by atoms with Crippen LogP contribution in [0.4, 0.5) is 0 Å². The van der Waals surface area contributed by atoms with Crippen molar-refractivity contribution in [2.75, 3.05) is 95.0 Å². The fourth-order valence-electron chi connectivity index (χ4n) is 7.96. The molecule has 0 aliphatic carbocycles. The highest BCUT2D eigenvalue weighted by Crippen LogP contribution is 2.39. The number of phosphoric ester groups is 2. The van der Waals surface area contributed by atoms with Gasteiger partial charge in [0, 0.05) is 12.8 Å². The summed E-state index contributed by atoms with van der Waals surface area (Å²) in [7, 11) is 1.96. The summed E-state index contributed by atoms with van der Waals surface area (Å²) >= 11 is 0. The first-order valence-corrected chi connectivity index (χ1v) is 33.5. The molecule has 0 amide bonds. The van der Waals surface area contributed by atoms with Gasteiger partial charge >= 0.3 is 23.9 Å². The van der Waals surface area contributed by atoms with Gasteiger partial charge in [0.15, 0.2) is 18.0 Å². The van der Waals surface area contributed by atoms with E-state index in [2.05, 4.69) is 13.8 Å². The molecule has 0 spiro atoms. The Morgan fingerprint density at radius 3 is 1.22 bits per heavy atom. The van der Waals surface area contributed by atoms with E-state index in [1.807, 2.05) is 42.3 Å².